The van der Waals surface area contributed by atoms with Crippen LogP contribution in [0.1, 0.15) is 38.7 Å². The Kier molecular flexibility index (Phi) is 4.51. The van der Waals surface area contributed by atoms with Crippen molar-refractivity contribution in [2.75, 3.05) is 7.11 Å². The van der Waals surface area contributed by atoms with Gasteiger partial charge < -0.3 is 9.47 Å². The number of isocyanates is 1. The lowest BCUT2D eigenvalue weighted by Gasteiger charge is -2.38. The van der Waals surface area contributed by atoms with Crippen molar-refractivity contribution in [2.45, 2.75) is 44.8 Å². The van der Waals surface area contributed by atoms with Gasteiger partial charge in [0.05, 0.1) is 18.8 Å². The summed E-state index contributed by atoms with van der Waals surface area (Å²) in [6.07, 6.45) is 4.52. The van der Waals surface area contributed by atoms with Gasteiger partial charge in [0.1, 0.15) is 0 Å². The van der Waals surface area contributed by atoms with E-state index in [1.54, 1.807) is 13.2 Å². The van der Waals surface area contributed by atoms with E-state index in [1.165, 1.54) is 0 Å². The van der Waals surface area contributed by atoms with Gasteiger partial charge in [-0.15, -0.1) is 0 Å². The van der Waals surface area contributed by atoms with Gasteiger partial charge in [-0.25, -0.2) is 4.79 Å². The Balaban J connectivity index is 2.50. The molecule has 0 N–H and O–H groups in total. The minimum Gasteiger partial charge on any atom is -0.493 e. The minimum absolute atomic E-state index is 0.0461. The molecule has 0 heterocycles. The van der Waals surface area contributed by atoms with Crippen LogP contribution in [0, 0.1) is 0 Å². The van der Waals surface area contributed by atoms with E-state index in [9.17, 15) is 4.79 Å². The van der Waals surface area contributed by atoms with Crippen LogP contribution in [-0.2, 0) is 10.3 Å². The van der Waals surface area contributed by atoms with Gasteiger partial charge in [-0.2, -0.15) is 4.99 Å². The third kappa shape index (κ3) is 2.74. The molecule has 0 amide bonds. The van der Waals surface area contributed by atoms with Gasteiger partial charge in [0, 0.05) is 4.47 Å². The van der Waals surface area contributed by atoms with Crippen LogP contribution in [0.15, 0.2) is 21.6 Å². The molecule has 1 saturated carbocycles. The summed E-state index contributed by atoms with van der Waals surface area (Å²) in [5.74, 6) is 1.34. The lowest BCUT2D eigenvalue weighted by molar-refractivity contribution is 0.224. The molecule has 0 unspecified atom stereocenters. The van der Waals surface area contributed by atoms with Gasteiger partial charge in [0.25, 0.3) is 0 Å². The third-order valence-electron chi connectivity index (χ3n) is 3.56. The first-order valence-electron chi connectivity index (χ1n) is 6.66. The van der Waals surface area contributed by atoms with Gasteiger partial charge in [-0.3, -0.25) is 0 Å². The molecule has 2 rings (SSSR count). The molecular weight excluding hydrogens is 322 g/mol. The van der Waals surface area contributed by atoms with E-state index in [0.29, 0.717) is 11.5 Å². The van der Waals surface area contributed by atoms with Crippen LogP contribution in [0.3, 0.4) is 0 Å². The molecule has 0 atom stereocenters. The van der Waals surface area contributed by atoms with Crippen LogP contribution in [0.5, 0.6) is 11.5 Å². The summed E-state index contributed by atoms with van der Waals surface area (Å²) in [5.41, 5.74) is 0.505. The molecule has 0 radical (unpaired) electrons. The summed E-state index contributed by atoms with van der Waals surface area (Å²) < 4.78 is 12.0. The highest BCUT2D eigenvalue weighted by Gasteiger charge is 2.41. The normalized spacial score (nSPS) is 16.2. The van der Waals surface area contributed by atoms with Crippen LogP contribution >= 0.6 is 15.9 Å². The van der Waals surface area contributed by atoms with Crippen LogP contribution in [-0.4, -0.2) is 19.3 Å². The second-order valence-electron chi connectivity index (χ2n) is 5.24. The highest BCUT2D eigenvalue weighted by atomic mass is 79.9. The van der Waals surface area contributed by atoms with Crippen LogP contribution in [0.2, 0.25) is 0 Å². The number of rotatable bonds is 5. The average molecular weight is 340 g/mol. The minimum atomic E-state index is -0.456. The zero-order valence-electron chi connectivity index (χ0n) is 11.9. The van der Waals surface area contributed by atoms with Gasteiger partial charge in [-0.05, 0) is 50.8 Å². The Morgan fingerprint density at radius 3 is 2.50 bits per heavy atom. The highest BCUT2D eigenvalue weighted by Crippen LogP contribution is 2.49. The fourth-order valence-electron chi connectivity index (χ4n) is 2.44. The number of aliphatic imine (C=N–C) groups is 1. The van der Waals surface area contributed by atoms with E-state index in [2.05, 4.69) is 20.9 Å². The molecule has 1 aliphatic rings. The smallest absolute Gasteiger partial charge is 0.235 e. The molecule has 1 fully saturated rings. The van der Waals surface area contributed by atoms with Gasteiger partial charge in [-0.1, -0.05) is 15.9 Å². The van der Waals surface area contributed by atoms with E-state index < -0.39 is 5.54 Å². The summed E-state index contributed by atoms with van der Waals surface area (Å²) in [7, 11) is 1.61. The fourth-order valence-corrected chi connectivity index (χ4v) is 3.13. The van der Waals surface area contributed by atoms with Crippen molar-refractivity contribution in [3.8, 4) is 11.5 Å². The highest BCUT2D eigenvalue weighted by molar-refractivity contribution is 9.10. The summed E-state index contributed by atoms with van der Waals surface area (Å²) >= 11 is 3.54. The molecule has 1 aliphatic carbocycles. The average Bonchev–Trinajstić information content (AvgIpc) is 2.35. The standard InChI is InChI=1S/C15H18BrNO3/c1-10(2)20-14-7-11(12(16)8-13(14)19-3)15(17-9-18)5-4-6-15/h7-8,10H,4-6H2,1-3H3. The molecule has 1 aromatic rings. The molecule has 20 heavy (non-hydrogen) atoms. The van der Waals surface area contributed by atoms with Crippen molar-refractivity contribution in [1.82, 2.24) is 0 Å². The number of hydrogen-bond donors (Lipinski definition) is 0. The first-order valence-corrected chi connectivity index (χ1v) is 7.45. The molecule has 0 saturated heterocycles. The quantitative estimate of drug-likeness (QED) is 0.602. The molecule has 0 bridgehead atoms. The molecule has 4 nitrogen and oxygen atoms in total. The van der Waals surface area contributed by atoms with Crippen LogP contribution in [0.4, 0.5) is 0 Å². The van der Waals surface area contributed by atoms with Gasteiger partial charge >= 0.3 is 0 Å². The lowest BCUT2D eigenvalue weighted by atomic mass is 9.72. The van der Waals surface area contributed by atoms with Crippen molar-refractivity contribution in [2.24, 2.45) is 4.99 Å². The van der Waals surface area contributed by atoms with Crippen molar-refractivity contribution >= 4 is 22.0 Å². The third-order valence-corrected chi connectivity index (χ3v) is 4.21. The number of hydrogen-bond acceptors (Lipinski definition) is 4. The zero-order valence-corrected chi connectivity index (χ0v) is 13.5. The van der Waals surface area contributed by atoms with E-state index in [4.69, 9.17) is 9.47 Å². The zero-order chi connectivity index (χ0) is 14.8. The summed E-state index contributed by atoms with van der Waals surface area (Å²) in [5, 5.41) is 0. The predicted octanol–water partition coefficient (Wildman–Crippen LogP) is 3.96. The summed E-state index contributed by atoms with van der Waals surface area (Å²) in [4.78, 5) is 14.8. The van der Waals surface area contributed by atoms with Gasteiger partial charge in [0.2, 0.25) is 6.08 Å². The Labute approximate surface area is 127 Å². The monoisotopic (exact) mass is 339 g/mol. The molecular formula is C15H18BrNO3. The first kappa shape index (κ1) is 15.1. The molecule has 108 valence electrons. The number of nitrogens with zero attached hydrogens (tertiary/aromatic N) is 1. The Hall–Kier alpha value is -1.32. The second-order valence-corrected chi connectivity index (χ2v) is 6.09. The topological polar surface area (TPSA) is 47.9 Å². The maximum atomic E-state index is 10.7. The molecule has 5 heteroatoms. The number of ether oxygens (including phenoxy) is 2. The second kappa shape index (κ2) is 5.98. The van der Waals surface area contributed by atoms with E-state index in [0.717, 1.165) is 29.3 Å². The Morgan fingerprint density at radius 2 is 2.05 bits per heavy atom. The molecule has 0 aliphatic heterocycles. The molecule has 0 spiro atoms. The first-order chi connectivity index (χ1) is 9.52. The van der Waals surface area contributed by atoms with E-state index in [-0.39, 0.29) is 6.10 Å². The van der Waals surface area contributed by atoms with Gasteiger partial charge in [0.15, 0.2) is 11.5 Å². The van der Waals surface area contributed by atoms with E-state index in [1.807, 2.05) is 26.0 Å². The SMILES string of the molecule is COc1cc(Br)c(C2(N=C=O)CCC2)cc1OC(C)C. The maximum Gasteiger partial charge on any atom is 0.235 e. The Bertz CT molecular complexity index is 546. The lowest BCUT2D eigenvalue weighted by Crippen LogP contribution is -2.32. The molecule has 0 aromatic heterocycles. The number of benzene rings is 1. The predicted molar refractivity (Wildman–Crippen MR) is 80.1 cm³/mol. The van der Waals surface area contributed by atoms with Crippen LogP contribution < -0.4 is 9.47 Å². The summed E-state index contributed by atoms with van der Waals surface area (Å²) in [6, 6.07) is 3.79. The van der Waals surface area contributed by atoms with Crippen molar-refractivity contribution in [1.29, 1.82) is 0 Å². The number of methoxy groups -OCH3 is 1. The fraction of sp³-hybridized carbons (Fsp3) is 0.533. The number of halogens is 1. The van der Waals surface area contributed by atoms with E-state index >= 15 is 0 Å². The number of carbonyl (C=O) groups excluding carboxylic acids is 1. The Morgan fingerprint density at radius 1 is 1.35 bits per heavy atom. The maximum absolute atomic E-state index is 10.7. The molecule has 1 aromatic carbocycles. The van der Waals surface area contributed by atoms with Crippen molar-refractivity contribution in [3.05, 3.63) is 22.2 Å². The summed E-state index contributed by atoms with van der Waals surface area (Å²) in [6.45, 7) is 3.92. The van der Waals surface area contributed by atoms with Crippen LogP contribution in [0.25, 0.3) is 0 Å². The van der Waals surface area contributed by atoms with Crippen molar-refractivity contribution in [3.63, 3.8) is 0 Å². The van der Waals surface area contributed by atoms with Crippen molar-refractivity contribution < 1.29 is 14.3 Å². The largest absolute Gasteiger partial charge is 0.493 e.